The van der Waals surface area contributed by atoms with E-state index in [4.69, 9.17) is 21.1 Å². The molecular weight excluding hydrogens is 272 g/mol. The Morgan fingerprint density at radius 1 is 1.05 bits per heavy atom. The monoisotopic (exact) mass is 288 g/mol. The molecule has 3 rings (SSSR count). The molecule has 1 aliphatic rings. The Labute approximate surface area is 124 Å². The Morgan fingerprint density at radius 3 is 2.30 bits per heavy atom. The zero-order valence-electron chi connectivity index (χ0n) is 11.4. The largest absolute Gasteiger partial charge is 0.343 e. The van der Waals surface area contributed by atoms with Crippen molar-refractivity contribution in [2.75, 3.05) is 12.5 Å². The van der Waals surface area contributed by atoms with Crippen molar-refractivity contribution in [1.82, 2.24) is 0 Å². The zero-order valence-corrected chi connectivity index (χ0v) is 12.1. The summed E-state index contributed by atoms with van der Waals surface area (Å²) < 4.78 is 11.6. The molecular formula is C17H17ClO2. The van der Waals surface area contributed by atoms with Crippen molar-refractivity contribution in [2.24, 2.45) is 0 Å². The molecule has 1 heterocycles. The van der Waals surface area contributed by atoms with E-state index in [1.807, 2.05) is 25.1 Å². The second-order valence-electron chi connectivity index (χ2n) is 5.09. The highest BCUT2D eigenvalue weighted by atomic mass is 35.5. The number of ether oxygens (including phenoxy) is 2. The van der Waals surface area contributed by atoms with Crippen molar-refractivity contribution in [1.29, 1.82) is 0 Å². The predicted octanol–water partition coefficient (Wildman–Crippen LogP) is 4.18. The smallest absolute Gasteiger partial charge is 0.192 e. The van der Waals surface area contributed by atoms with Gasteiger partial charge in [0, 0.05) is 5.56 Å². The number of alkyl halides is 1. The second kappa shape index (κ2) is 5.57. The van der Waals surface area contributed by atoms with Crippen molar-refractivity contribution in [2.45, 2.75) is 18.8 Å². The van der Waals surface area contributed by atoms with E-state index in [9.17, 15) is 0 Å². The van der Waals surface area contributed by atoms with Crippen molar-refractivity contribution in [3.63, 3.8) is 0 Å². The lowest BCUT2D eigenvalue weighted by molar-refractivity contribution is -0.159. The first-order valence-corrected chi connectivity index (χ1v) is 7.28. The van der Waals surface area contributed by atoms with Crippen molar-refractivity contribution < 1.29 is 9.47 Å². The Morgan fingerprint density at radius 2 is 1.70 bits per heavy atom. The SMILES string of the molecule is CC1(c2ccc(-c3ccccc3)cc2)OCC(CCl)O1. The Hall–Kier alpha value is -1.35. The van der Waals surface area contributed by atoms with Gasteiger partial charge in [0.15, 0.2) is 5.79 Å². The Balaban J connectivity index is 1.83. The van der Waals surface area contributed by atoms with E-state index in [-0.39, 0.29) is 6.10 Å². The van der Waals surface area contributed by atoms with Gasteiger partial charge in [-0.15, -0.1) is 11.6 Å². The molecule has 2 nitrogen and oxygen atoms in total. The first kappa shape index (κ1) is 13.6. The Bertz CT molecular complexity index is 567. The summed E-state index contributed by atoms with van der Waals surface area (Å²) in [5.74, 6) is -0.230. The van der Waals surface area contributed by atoms with Crippen LogP contribution >= 0.6 is 11.6 Å². The number of hydrogen-bond acceptors (Lipinski definition) is 2. The van der Waals surface area contributed by atoms with Crippen LogP contribution < -0.4 is 0 Å². The normalized spacial score (nSPS) is 25.8. The van der Waals surface area contributed by atoms with Gasteiger partial charge >= 0.3 is 0 Å². The van der Waals surface area contributed by atoms with E-state index in [0.29, 0.717) is 12.5 Å². The molecule has 20 heavy (non-hydrogen) atoms. The fraction of sp³-hybridized carbons (Fsp3) is 0.294. The maximum absolute atomic E-state index is 5.88. The van der Waals surface area contributed by atoms with Crippen LogP contribution in [0.5, 0.6) is 0 Å². The summed E-state index contributed by atoms with van der Waals surface area (Å²) in [6, 6.07) is 18.6. The van der Waals surface area contributed by atoms with Crippen LogP contribution in [0.15, 0.2) is 54.6 Å². The molecule has 0 N–H and O–H groups in total. The summed E-state index contributed by atoms with van der Waals surface area (Å²) in [4.78, 5) is 0. The molecule has 2 aromatic rings. The van der Waals surface area contributed by atoms with Gasteiger partial charge in [0.2, 0.25) is 0 Å². The van der Waals surface area contributed by atoms with Crippen LogP contribution in [-0.4, -0.2) is 18.6 Å². The van der Waals surface area contributed by atoms with Crippen molar-refractivity contribution >= 4 is 11.6 Å². The summed E-state index contributed by atoms with van der Waals surface area (Å²) in [5.41, 5.74) is 3.41. The Kier molecular flexibility index (Phi) is 3.79. The van der Waals surface area contributed by atoms with Gasteiger partial charge in [-0.05, 0) is 18.1 Å². The molecule has 0 aliphatic carbocycles. The summed E-state index contributed by atoms with van der Waals surface area (Å²) in [6.45, 7) is 2.48. The zero-order chi connectivity index (χ0) is 14.0. The first-order chi connectivity index (χ1) is 9.71. The predicted molar refractivity (Wildman–Crippen MR) is 80.8 cm³/mol. The van der Waals surface area contributed by atoms with E-state index in [2.05, 4.69) is 36.4 Å². The maximum Gasteiger partial charge on any atom is 0.192 e. The molecule has 1 fully saturated rings. The third kappa shape index (κ3) is 2.59. The van der Waals surface area contributed by atoms with Crippen LogP contribution in [0.3, 0.4) is 0 Å². The maximum atomic E-state index is 5.88. The molecule has 2 atom stereocenters. The molecule has 3 heteroatoms. The highest BCUT2D eigenvalue weighted by Gasteiger charge is 2.38. The van der Waals surface area contributed by atoms with E-state index < -0.39 is 5.79 Å². The number of rotatable bonds is 3. The lowest BCUT2D eigenvalue weighted by Gasteiger charge is -2.23. The molecule has 1 saturated heterocycles. The van der Waals surface area contributed by atoms with Crippen LogP contribution in [0.2, 0.25) is 0 Å². The summed E-state index contributed by atoms with van der Waals surface area (Å²) in [5, 5.41) is 0. The van der Waals surface area contributed by atoms with Gasteiger partial charge in [-0.3, -0.25) is 0 Å². The van der Waals surface area contributed by atoms with Gasteiger partial charge in [-0.25, -0.2) is 0 Å². The molecule has 1 aliphatic heterocycles. The minimum absolute atomic E-state index is 0.0320. The van der Waals surface area contributed by atoms with Crippen LogP contribution in [0, 0.1) is 0 Å². The van der Waals surface area contributed by atoms with Crippen LogP contribution in [-0.2, 0) is 15.3 Å². The highest BCUT2D eigenvalue weighted by molar-refractivity contribution is 6.18. The number of hydrogen-bond donors (Lipinski definition) is 0. The molecule has 0 spiro atoms. The van der Waals surface area contributed by atoms with Gasteiger partial charge in [0.05, 0.1) is 18.6 Å². The van der Waals surface area contributed by atoms with Crippen molar-refractivity contribution in [3.8, 4) is 11.1 Å². The molecule has 2 aromatic carbocycles. The van der Waals surface area contributed by atoms with Gasteiger partial charge in [-0.2, -0.15) is 0 Å². The van der Waals surface area contributed by atoms with E-state index in [1.54, 1.807) is 0 Å². The first-order valence-electron chi connectivity index (χ1n) is 6.75. The fourth-order valence-corrected chi connectivity index (χ4v) is 2.61. The minimum atomic E-state index is -0.686. The third-order valence-corrected chi connectivity index (χ3v) is 3.97. The van der Waals surface area contributed by atoms with E-state index in [1.165, 1.54) is 11.1 Å². The highest BCUT2D eigenvalue weighted by Crippen LogP contribution is 2.35. The molecule has 0 bridgehead atoms. The van der Waals surface area contributed by atoms with Crippen LogP contribution in [0.25, 0.3) is 11.1 Å². The molecule has 0 aromatic heterocycles. The van der Waals surface area contributed by atoms with Gasteiger partial charge < -0.3 is 9.47 Å². The number of halogens is 1. The lowest BCUT2D eigenvalue weighted by Crippen LogP contribution is -2.24. The molecule has 104 valence electrons. The second-order valence-corrected chi connectivity index (χ2v) is 5.40. The minimum Gasteiger partial charge on any atom is -0.343 e. The topological polar surface area (TPSA) is 18.5 Å². The summed E-state index contributed by atoms with van der Waals surface area (Å²) in [7, 11) is 0. The van der Waals surface area contributed by atoms with Gasteiger partial charge in [0.1, 0.15) is 0 Å². The molecule has 0 saturated carbocycles. The lowest BCUT2D eigenvalue weighted by atomic mass is 10.0. The average molecular weight is 289 g/mol. The van der Waals surface area contributed by atoms with E-state index >= 15 is 0 Å². The van der Waals surface area contributed by atoms with Crippen molar-refractivity contribution in [3.05, 3.63) is 60.2 Å². The van der Waals surface area contributed by atoms with Crippen LogP contribution in [0.4, 0.5) is 0 Å². The number of benzene rings is 2. The quantitative estimate of drug-likeness (QED) is 0.789. The molecule has 2 unspecified atom stereocenters. The molecule has 0 radical (unpaired) electrons. The van der Waals surface area contributed by atoms with E-state index in [0.717, 1.165) is 5.56 Å². The average Bonchev–Trinajstić information content (AvgIpc) is 2.91. The summed E-state index contributed by atoms with van der Waals surface area (Å²) in [6.07, 6.45) is -0.0320. The van der Waals surface area contributed by atoms with Crippen LogP contribution in [0.1, 0.15) is 12.5 Å². The van der Waals surface area contributed by atoms with Gasteiger partial charge in [0.25, 0.3) is 0 Å². The standard InChI is InChI=1S/C17H17ClO2/c1-17(19-12-16(11-18)20-17)15-9-7-14(8-10-15)13-5-3-2-4-6-13/h2-10,16H,11-12H2,1H3. The summed E-state index contributed by atoms with van der Waals surface area (Å²) >= 11 is 5.82. The third-order valence-electron chi connectivity index (χ3n) is 3.62. The fourth-order valence-electron chi connectivity index (χ4n) is 2.46. The molecule has 0 amide bonds. The van der Waals surface area contributed by atoms with Gasteiger partial charge in [-0.1, -0.05) is 54.6 Å².